The number of aromatic nitrogens is 1. The van der Waals surface area contributed by atoms with Crippen molar-refractivity contribution in [3.05, 3.63) is 40.9 Å². The van der Waals surface area contributed by atoms with E-state index in [9.17, 15) is 4.79 Å². The molecule has 1 aliphatic rings. The van der Waals surface area contributed by atoms with Crippen molar-refractivity contribution in [2.45, 2.75) is 45.6 Å². The Morgan fingerprint density at radius 1 is 1.28 bits per heavy atom. The Bertz CT molecular complexity index is 687. The van der Waals surface area contributed by atoms with Crippen LogP contribution in [0.5, 0.6) is 0 Å². The minimum atomic E-state index is 0.0923. The number of rotatable bonds is 6. The largest absolute Gasteiger partial charge is 0.353 e. The van der Waals surface area contributed by atoms with Crippen LogP contribution in [0.25, 0.3) is 10.6 Å². The summed E-state index contributed by atoms with van der Waals surface area (Å²) in [7, 11) is 0. The molecule has 0 aliphatic carbocycles. The van der Waals surface area contributed by atoms with Crippen molar-refractivity contribution in [1.82, 2.24) is 15.2 Å². The Balaban J connectivity index is 1.49. The fourth-order valence-corrected chi connectivity index (χ4v) is 4.10. The van der Waals surface area contributed by atoms with E-state index in [0.717, 1.165) is 42.2 Å². The van der Waals surface area contributed by atoms with Gasteiger partial charge < -0.3 is 10.2 Å². The molecule has 1 aliphatic heterocycles. The standard InChI is InChI=1S/C20H27N3OS/c1-3-10-23-11-8-17(9-12-23)21-19(24)13-18-14-25-20(22-18)16-6-4-15(2)5-7-16/h4-7,14,17H,3,8-13H2,1-2H3,(H,21,24). The molecular weight excluding hydrogens is 330 g/mol. The lowest BCUT2D eigenvalue weighted by molar-refractivity contribution is -0.121. The highest BCUT2D eigenvalue weighted by molar-refractivity contribution is 7.13. The molecule has 1 aromatic carbocycles. The number of nitrogens with zero attached hydrogens (tertiary/aromatic N) is 2. The molecule has 1 fully saturated rings. The van der Waals surface area contributed by atoms with Crippen molar-refractivity contribution >= 4 is 17.2 Å². The summed E-state index contributed by atoms with van der Waals surface area (Å²) >= 11 is 1.60. The number of likely N-dealkylation sites (tertiary alicyclic amines) is 1. The Morgan fingerprint density at radius 3 is 2.68 bits per heavy atom. The summed E-state index contributed by atoms with van der Waals surface area (Å²) < 4.78 is 0. The van der Waals surface area contributed by atoms with E-state index in [-0.39, 0.29) is 5.91 Å². The SMILES string of the molecule is CCCN1CCC(NC(=O)Cc2csc(-c3ccc(C)cc3)n2)CC1. The van der Waals surface area contributed by atoms with Crippen molar-refractivity contribution in [1.29, 1.82) is 0 Å². The Kier molecular flexibility index (Phi) is 6.21. The Labute approximate surface area is 154 Å². The third-order valence-corrected chi connectivity index (χ3v) is 5.62. The average molecular weight is 358 g/mol. The number of piperidine rings is 1. The topological polar surface area (TPSA) is 45.2 Å². The molecule has 1 N–H and O–H groups in total. The summed E-state index contributed by atoms with van der Waals surface area (Å²) in [5.41, 5.74) is 3.22. The van der Waals surface area contributed by atoms with Crippen LogP contribution >= 0.6 is 11.3 Å². The van der Waals surface area contributed by atoms with Crippen LogP contribution in [0, 0.1) is 6.92 Å². The molecule has 0 bridgehead atoms. The second kappa shape index (κ2) is 8.59. The molecule has 0 spiro atoms. The van der Waals surface area contributed by atoms with Gasteiger partial charge in [-0.15, -0.1) is 11.3 Å². The van der Waals surface area contributed by atoms with E-state index >= 15 is 0 Å². The van der Waals surface area contributed by atoms with Gasteiger partial charge in [0.1, 0.15) is 5.01 Å². The van der Waals surface area contributed by atoms with Gasteiger partial charge in [-0.05, 0) is 32.7 Å². The molecule has 1 aromatic heterocycles. The third-order valence-electron chi connectivity index (χ3n) is 4.68. The summed E-state index contributed by atoms with van der Waals surface area (Å²) in [5.74, 6) is 0.0923. The maximum absolute atomic E-state index is 12.3. The van der Waals surface area contributed by atoms with E-state index in [1.165, 1.54) is 18.5 Å². The van der Waals surface area contributed by atoms with Crippen LogP contribution in [0.15, 0.2) is 29.6 Å². The molecule has 2 heterocycles. The molecule has 134 valence electrons. The zero-order chi connectivity index (χ0) is 17.6. The van der Waals surface area contributed by atoms with E-state index in [4.69, 9.17) is 0 Å². The monoisotopic (exact) mass is 357 g/mol. The molecule has 0 atom stereocenters. The van der Waals surface area contributed by atoms with Gasteiger partial charge in [-0.1, -0.05) is 36.8 Å². The minimum absolute atomic E-state index is 0.0923. The van der Waals surface area contributed by atoms with E-state index in [0.29, 0.717) is 12.5 Å². The van der Waals surface area contributed by atoms with Gasteiger partial charge in [0.05, 0.1) is 12.1 Å². The van der Waals surface area contributed by atoms with Crippen molar-refractivity contribution < 1.29 is 4.79 Å². The lowest BCUT2D eigenvalue weighted by Gasteiger charge is -2.32. The van der Waals surface area contributed by atoms with Crippen LogP contribution < -0.4 is 5.32 Å². The molecule has 0 radical (unpaired) electrons. The lowest BCUT2D eigenvalue weighted by atomic mass is 10.0. The maximum Gasteiger partial charge on any atom is 0.226 e. The average Bonchev–Trinajstić information content (AvgIpc) is 3.06. The lowest BCUT2D eigenvalue weighted by Crippen LogP contribution is -2.45. The zero-order valence-electron chi connectivity index (χ0n) is 15.1. The van der Waals surface area contributed by atoms with Crippen molar-refractivity contribution in [2.75, 3.05) is 19.6 Å². The highest BCUT2D eigenvalue weighted by atomic mass is 32.1. The zero-order valence-corrected chi connectivity index (χ0v) is 15.9. The van der Waals surface area contributed by atoms with E-state index in [1.54, 1.807) is 11.3 Å². The highest BCUT2D eigenvalue weighted by Gasteiger charge is 2.20. The Morgan fingerprint density at radius 2 is 2.00 bits per heavy atom. The summed E-state index contributed by atoms with van der Waals surface area (Å²) in [5, 5.41) is 6.17. The summed E-state index contributed by atoms with van der Waals surface area (Å²) in [6.07, 6.45) is 3.68. The number of aryl methyl sites for hydroxylation is 1. The van der Waals surface area contributed by atoms with Crippen molar-refractivity contribution in [2.24, 2.45) is 0 Å². The number of carbonyl (C=O) groups excluding carboxylic acids is 1. The second-order valence-electron chi connectivity index (χ2n) is 6.87. The first-order valence-corrected chi connectivity index (χ1v) is 10.0. The molecule has 0 saturated carbocycles. The second-order valence-corrected chi connectivity index (χ2v) is 7.73. The van der Waals surface area contributed by atoms with E-state index in [1.807, 2.05) is 5.38 Å². The van der Waals surface area contributed by atoms with Gasteiger partial charge in [-0.2, -0.15) is 0 Å². The summed E-state index contributed by atoms with van der Waals surface area (Å²) in [6, 6.07) is 8.67. The van der Waals surface area contributed by atoms with Crippen LogP contribution in [0.1, 0.15) is 37.4 Å². The van der Waals surface area contributed by atoms with Gasteiger partial charge in [0, 0.05) is 30.1 Å². The van der Waals surface area contributed by atoms with Gasteiger partial charge in [0.15, 0.2) is 0 Å². The minimum Gasteiger partial charge on any atom is -0.353 e. The van der Waals surface area contributed by atoms with Crippen LogP contribution in [-0.4, -0.2) is 41.5 Å². The molecule has 2 aromatic rings. The van der Waals surface area contributed by atoms with Gasteiger partial charge in [0.25, 0.3) is 0 Å². The van der Waals surface area contributed by atoms with Gasteiger partial charge in [-0.25, -0.2) is 4.98 Å². The first-order valence-electron chi connectivity index (χ1n) is 9.17. The highest BCUT2D eigenvalue weighted by Crippen LogP contribution is 2.24. The predicted molar refractivity (Wildman–Crippen MR) is 104 cm³/mol. The fourth-order valence-electron chi connectivity index (χ4n) is 3.28. The molecule has 5 heteroatoms. The smallest absolute Gasteiger partial charge is 0.226 e. The van der Waals surface area contributed by atoms with Crippen LogP contribution in [0.2, 0.25) is 0 Å². The maximum atomic E-state index is 12.3. The van der Waals surface area contributed by atoms with Gasteiger partial charge in [-0.3, -0.25) is 4.79 Å². The predicted octanol–water partition coefficient (Wildman–Crippen LogP) is 3.65. The van der Waals surface area contributed by atoms with Gasteiger partial charge >= 0.3 is 0 Å². The first-order chi connectivity index (χ1) is 12.1. The quantitative estimate of drug-likeness (QED) is 0.858. The molecule has 1 amide bonds. The van der Waals surface area contributed by atoms with Crippen molar-refractivity contribution in [3.63, 3.8) is 0 Å². The number of carbonyl (C=O) groups is 1. The molecular formula is C20H27N3OS. The van der Waals surface area contributed by atoms with E-state index < -0.39 is 0 Å². The van der Waals surface area contributed by atoms with Crippen LogP contribution in [0.3, 0.4) is 0 Å². The number of hydrogen-bond donors (Lipinski definition) is 1. The third kappa shape index (κ3) is 5.13. The fraction of sp³-hybridized carbons (Fsp3) is 0.500. The molecule has 4 nitrogen and oxygen atoms in total. The number of hydrogen-bond acceptors (Lipinski definition) is 4. The van der Waals surface area contributed by atoms with E-state index in [2.05, 4.69) is 53.3 Å². The summed E-state index contributed by atoms with van der Waals surface area (Å²) in [6.45, 7) is 7.64. The first kappa shape index (κ1) is 18.1. The summed E-state index contributed by atoms with van der Waals surface area (Å²) in [4.78, 5) is 19.4. The normalized spacial score (nSPS) is 16.1. The number of amides is 1. The number of nitrogens with one attached hydrogen (secondary N) is 1. The van der Waals surface area contributed by atoms with Crippen LogP contribution in [0.4, 0.5) is 0 Å². The van der Waals surface area contributed by atoms with Crippen LogP contribution in [-0.2, 0) is 11.2 Å². The molecule has 25 heavy (non-hydrogen) atoms. The molecule has 1 saturated heterocycles. The molecule has 0 unspecified atom stereocenters. The number of thiazole rings is 1. The van der Waals surface area contributed by atoms with Crippen molar-refractivity contribution in [3.8, 4) is 10.6 Å². The Hall–Kier alpha value is -1.72. The van der Waals surface area contributed by atoms with Gasteiger partial charge in [0.2, 0.25) is 5.91 Å². The molecule has 3 rings (SSSR count). The number of benzene rings is 1.